The van der Waals surface area contributed by atoms with Gasteiger partial charge in [0.1, 0.15) is 5.15 Å². The maximum Gasteiger partial charge on any atom is 0.416 e. The monoisotopic (exact) mass is 435 g/mol. The smallest absolute Gasteiger partial charge is 0.337 e. The number of rotatable bonds is 5. The predicted octanol–water partition coefficient (Wildman–Crippen LogP) is 5.49. The lowest BCUT2D eigenvalue weighted by molar-refractivity contribution is -0.137. The molecule has 0 aliphatic heterocycles. The van der Waals surface area contributed by atoms with Crippen LogP contribution in [0, 0.1) is 13.8 Å². The third-order valence-electron chi connectivity index (χ3n) is 4.78. The first-order chi connectivity index (χ1) is 14.1. The second kappa shape index (κ2) is 8.52. The highest BCUT2D eigenvalue weighted by molar-refractivity contribution is 6.33. The Bertz CT molecular complexity index is 1040. The van der Waals surface area contributed by atoms with E-state index in [2.05, 4.69) is 5.10 Å². The van der Waals surface area contributed by atoms with Crippen LogP contribution in [0.3, 0.4) is 0 Å². The maximum absolute atomic E-state index is 12.9. The number of carbonyl (C=O) groups excluding carboxylic acids is 1. The van der Waals surface area contributed by atoms with E-state index in [-0.39, 0.29) is 23.2 Å². The molecule has 8 heteroatoms. The third kappa shape index (κ3) is 4.84. The van der Waals surface area contributed by atoms with E-state index >= 15 is 0 Å². The van der Waals surface area contributed by atoms with E-state index in [1.165, 1.54) is 17.0 Å². The molecule has 4 nitrogen and oxygen atoms in total. The Morgan fingerprint density at radius 2 is 1.60 bits per heavy atom. The molecule has 1 amide bonds. The molecule has 3 rings (SSSR count). The van der Waals surface area contributed by atoms with Crippen molar-refractivity contribution in [2.24, 2.45) is 0 Å². The predicted molar refractivity (Wildman–Crippen MR) is 109 cm³/mol. The molecular weight excluding hydrogens is 415 g/mol. The van der Waals surface area contributed by atoms with Crippen LogP contribution in [0.1, 0.15) is 38.3 Å². The number of alkyl halides is 3. The van der Waals surface area contributed by atoms with Gasteiger partial charge >= 0.3 is 6.18 Å². The van der Waals surface area contributed by atoms with Gasteiger partial charge in [0, 0.05) is 13.6 Å². The summed E-state index contributed by atoms with van der Waals surface area (Å²) in [5.74, 6) is -0.340. The van der Waals surface area contributed by atoms with Gasteiger partial charge in [-0.05, 0) is 37.1 Å². The minimum absolute atomic E-state index is 0.149. The number of aromatic nitrogens is 2. The zero-order chi connectivity index (χ0) is 22.1. The van der Waals surface area contributed by atoms with Crippen molar-refractivity contribution < 1.29 is 18.0 Å². The van der Waals surface area contributed by atoms with Gasteiger partial charge in [-0.25, -0.2) is 4.68 Å². The number of hydrogen-bond donors (Lipinski definition) is 0. The van der Waals surface area contributed by atoms with E-state index in [9.17, 15) is 18.0 Å². The van der Waals surface area contributed by atoms with Gasteiger partial charge in [-0.3, -0.25) is 4.79 Å². The lowest BCUT2D eigenvalue weighted by atomic mass is 10.1. The minimum atomic E-state index is -4.39. The fraction of sp³-hybridized carbons (Fsp3) is 0.273. The summed E-state index contributed by atoms with van der Waals surface area (Å²) in [6.45, 7) is 4.28. The Hall–Kier alpha value is -2.80. The molecule has 158 valence electrons. The van der Waals surface area contributed by atoms with Crippen molar-refractivity contribution in [3.8, 4) is 0 Å². The zero-order valence-electron chi connectivity index (χ0n) is 16.8. The van der Waals surface area contributed by atoms with E-state index in [1.807, 2.05) is 31.2 Å². The van der Waals surface area contributed by atoms with Gasteiger partial charge < -0.3 is 4.90 Å². The van der Waals surface area contributed by atoms with Crippen molar-refractivity contribution in [1.29, 1.82) is 0 Å². The summed E-state index contributed by atoms with van der Waals surface area (Å²) in [5, 5.41) is 4.62. The molecule has 0 bridgehead atoms. The average Bonchev–Trinajstić information content (AvgIpc) is 2.96. The standard InChI is InChI=1S/C22H21ClF3N3O/c1-14-4-6-17(7-5-14)13-29-20(23)19(15(2)27-29)21(30)28(3)12-16-8-10-18(11-9-16)22(24,25)26/h4-11H,12-13H2,1-3H3. The Morgan fingerprint density at radius 1 is 1.03 bits per heavy atom. The van der Waals surface area contributed by atoms with Crippen LogP contribution in [-0.2, 0) is 19.3 Å². The quantitative estimate of drug-likeness (QED) is 0.531. The van der Waals surface area contributed by atoms with E-state index in [0.29, 0.717) is 17.8 Å². The summed E-state index contributed by atoms with van der Waals surface area (Å²) in [6.07, 6.45) is -4.39. The van der Waals surface area contributed by atoms with Gasteiger partial charge in [-0.1, -0.05) is 53.6 Å². The fourth-order valence-electron chi connectivity index (χ4n) is 3.10. The fourth-order valence-corrected chi connectivity index (χ4v) is 3.42. The molecule has 1 heterocycles. The molecule has 0 saturated heterocycles. The normalized spacial score (nSPS) is 11.6. The number of aryl methyl sites for hydroxylation is 2. The lowest BCUT2D eigenvalue weighted by Crippen LogP contribution is -2.26. The van der Waals surface area contributed by atoms with Gasteiger partial charge in [0.05, 0.1) is 23.4 Å². The van der Waals surface area contributed by atoms with E-state index in [0.717, 1.165) is 23.3 Å². The van der Waals surface area contributed by atoms with Gasteiger partial charge in [-0.2, -0.15) is 18.3 Å². The number of nitrogens with zero attached hydrogens (tertiary/aromatic N) is 3. The Morgan fingerprint density at radius 3 is 2.17 bits per heavy atom. The molecular formula is C22H21ClF3N3O. The van der Waals surface area contributed by atoms with Crippen LogP contribution >= 0.6 is 11.6 Å². The van der Waals surface area contributed by atoms with Crippen LogP contribution in [0.5, 0.6) is 0 Å². The van der Waals surface area contributed by atoms with Crippen LogP contribution in [0.4, 0.5) is 13.2 Å². The van der Waals surface area contributed by atoms with Gasteiger partial charge in [0.15, 0.2) is 0 Å². The number of halogens is 4. The highest BCUT2D eigenvalue weighted by Gasteiger charge is 2.30. The molecule has 0 unspecified atom stereocenters. The molecule has 0 aliphatic rings. The first-order valence-corrected chi connectivity index (χ1v) is 9.64. The second-order valence-corrected chi connectivity index (χ2v) is 7.61. The highest BCUT2D eigenvalue weighted by atomic mass is 35.5. The van der Waals surface area contributed by atoms with Crippen molar-refractivity contribution in [2.45, 2.75) is 33.1 Å². The summed E-state index contributed by atoms with van der Waals surface area (Å²) < 4.78 is 39.7. The van der Waals surface area contributed by atoms with Crippen LogP contribution < -0.4 is 0 Å². The van der Waals surface area contributed by atoms with Crippen molar-refractivity contribution in [2.75, 3.05) is 7.05 Å². The molecule has 0 spiro atoms. The summed E-state index contributed by atoms with van der Waals surface area (Å²) in [5.41, 5.74) is 2.79. The molecule has 3 aromatic rings. The SMILES string of the molecule is Cc1ccc(Cn2nc(C)c(C(=O)N(C)Cc3ccc(C(F)(F)F)cc3)c2Cl)cc1. The first-order valence-electron chi connectivity index (χ1n) is 9.26. The Labute approximate surface area is 177 Å². The largest absolute Gasteiger partial charge is 0.416 e. The second-order valence-electron chi connectivity index (χ2n) is 7.25. The first kappa shape index (κ1) is 21.9. The van der Waals surface area contributed by atoms with Crippen LogP contribution in [-0.4, -0.2) is 27.6 Å². The van der Waals surface area contributed by atoms with E-state index in [1.54, 1.807) is 18.7 Å². The van der Waals surface area contributed by atoms with Gasteiger partial charge in [0.25, 0.3) is 5.91 Å². The van der Waals surface area contributed by atoms with Crippen molar-refractivity contribution in [3.05, 3.63) is 87.2 Å². The molecule has 0 atom stereocenters. The lowest BCUT2D eigenvalue weighted by Gasteiger charge is -2.18. The molecule has 0 radical (unpaired) electrons. The minimum Gasteiger partial charge on any atom is -0.337 e. The molecule has 2 aromatic carbocycles. The van der Waals surface area contributed by atoms with Crippen LogP contribution in [0.25, 0.3) is 0 Å². The molecule has 30 heavy (non-hydrogen) atoms. The number of hydrogen-bond acceptors (Lipinski definition) is 2. The molecule has 0 fully saturated rings. The highest BCUT2D eigenvalue weighted by Crippen LogP contribution is 2.29. The van der Waals surface area contributed by atoms with Gasteiger partial charge in [-0.15, -0.1) is 0 Å². The van der Waals surface area contributed by atoms with Crippen molar-refractivity contribution in [1.82, 2.24) is 14.7 Å². The van der Waals surface area contributed by atoms with Crippen molar-refractivity contribution in [3.63, 3.8) is 0 Å². The number of amides is 1. The number of benzene rings is 2. The maximum atomic E-state index is 12.9. The number of carbonyl (C=O) groups is 1. The molecule has 0 aliphatic carbocycles. The van der Waals surface area contributed by atoms with E-state index < -0.39 is 11.7 Å². The summed E-state index contributed by atoms with van der Waals surface area (Å²) in [7, 11) is 1.58. The van der Waals surface area contributed by atoms with E-state index in [4.69, 9.17) is 11.6 Å². The van der Waals surface area contributed by atoms with Crippen molar-refractivity contribution >= 4 is 17.5 Å². The summed E-state index contributed by atoms with van der Waals surface area (Å²) in [6, 6.07) is 12.7. The van der Waals surface area contributed by atoms with Crippen LogP contribution in [0.2, 0.25) is 5.15 Å². The average molecular weight is 436 g/mol. The zero-order valence-corrected chi connectivity index (χ0v) is 17.6. The summed E-state index contributed by atoms with van der Waals surface area (Å²) >= 11 is 6.45. The third-order valence-corrected chi connectivity index (χ3v) is 5.16. The Balaban J connectivity index is 1.75. The summed E-state index contributed by atoms with van der Waals surface area (Å²) in [4.78, 5) is 14.3. The topological polar surface area (TPSA) is 38.1 Å². The van der Waals surface area contributed by atoms with Crippen LogP contribution in [0.15, 0.2) is 48.5 Å². The Kier molecular flexibility index (Phi) is 6.22. The molecule has 0 saturated carbocycles. The molecule has 0 N–H and O–H groups in total. The van der Waals surface area contributed by atoms with Gasteiger partial charge in [0.2, 0.25) is 0 Å². The molecule has 1 aromatic heterocycles.